The van der Waals surface area contributed by atoms with Crippen molar-refractivity contribution in [2.24, 2.45) is 28.9 Å². The summed E-state index contributed by atoms with van der Waals surface area (Å²) in [5, 5.41) is 0. The molecule has 2 saturated heterocycles. The zero-order chi connectivity index (χ0) is 15.4. The number of nitrogens with two attached hydrogens (primary N) is 1. The predicted octanol–water partition coefficient (Wildman–Crippen LogP) is 0.687. The smallest absolute Gasteiger partial charge is 0.312 e. The number of fused-ring (bicyclic) bond motifs is 1. The van der Waals surface area contributed by atoms with Gasteiger partial charge in [0.05, 0.1) is 0 Å². The number of carbonyl (C=O) groups is 2. The van der Waals surface area contributed by atoms with E-state index in [9.17, 15) is 9.59 Å². The summed E-state index contributed by atoms with van der Waals surface area (Å²) in [6, 6.07) is 0.172. The molecule has 0 aromatic carbocycles. The number of hydrogen-bond donors (Lipinski definition) is 1. The van der Waals surface area contributed by atoms with Gasteiger partial charge in [-0.25, -0.2) is 0 Å². The molecule has 0 aromatic rings. The maximum absolute atomic E-state index is 12.3. The molecule has 0 spiro atoms. The Morgan fingerprint density at radius 3 is 2.00 bits per heavy atom. The monoisotopic (exact) mass is 293 g/mol. The summed E-state index contributed by atoms with van der Waals surface area (Å²) in [6.07, 6.45) is 1.82. The fraction of sp³-hybridized carbons (Fsp3) is 0.875. The molecule has 3 aliphatic rings. The number of likely N-dealkylation sites (tertiary alicyclic amines) is 2. The average molecular weight is 293 g/mol. The molecule has 2 unspecified atom stereocenters. The van der Waals surface area contributed by atoms with E-state index in [1.165, 1.54) is 0 Å². The third kappa shape index (κ3) is 2.45. The Morgan fingerprint density at radius 1 is 1.05 bits per heavy atom. The van der Waals surface area contributed by atoms with Crippen LogP contribution in [0.1, 0.15) is 33.6 Å². The van der Waals surface area contributed by atoms with E-state index in [0.29, 0.717) is 36.3 Å². The molecule has 1 aliphatic carbocycles. The third-order valence-corrected chi connectivity index (χ3v) is 6.16. The van der Waals surface area contributed by atoms with Crippen LogP contribution in [-0.4, -0.2) is 53.8 Å². The van der Waals surface area contributed by atoms with Crippen LogP contribution in [0.5, 0.6) is 0 Å². The van der Waals surface area contributed by atoms with Crippen LogP contribution < -0.4 is 5.73 Å². The van der Waals surface area contributed by atoms with Crippen molar-refractivity contribution in [3.63, 3.8) is 0 Å². The van der Waals surface area contributed by atoms with Crippen LogP contribution in [0.15, 0.2) is 0 Å². The van der Waals surface area contributed by atoms with Gasteiger partial charge in [0.25, 0.3) is 0 Å². The van der Waals surface area contributed by atoms with Crippen LogP contribution in [-0.2, 0) is 9.59 Å². The van der Waals surface area contributed by atoms with Crippen molar-refractivity contribution >= 4 is 11.8 Å². The second-order valence-electron chi connectivity index (χ2n) is 7.73. The molecule has 118 valence electrons. The van der Waals surface area contributed by atoms with Gasteiger partial charge in [0.15, 0.2) is 0 Å². The van der Waals surface area contributed by atoms with Gasteiger partial charge < -0.3 is 15.5 Å². The molecule has 3 atom stereocenters. The molecule has 3 fully saturated rings. The summed E-state index contributed by atoms with van der Waals surface area (Å²) in [5.41, 5.74) is 6.29. The molecular weight excluding hydrogens is 266 g/mol. The number of piperidine rings is 2. The summed E-state index contributed by atoms with van der Waals surface area (Å²) >= 11 is 0. The summed E-state index contributed by atoms with van der Waals surface area (Å²) in [4.78, 5) is 28.2. The Bertz CT molecular complexity index is 438. The number of nitrogens with zero attached hydrogens (tertiary/aromatic N) is 2. The molecule has 0 radical (unpaired) electrons. The van der Waals surface area contributed by atoms with Crippen molar-refractivity contribution in [2.75, 3.05) is 26.2 Å². The van der Waals surface area contributed by atoms with Crippen molar-refractivity contribution in [1.82, 2.24) is 9.80 Å². The van der Waals surface area contributed by atoms with Crippen LogP contribution in [0.25, 0.3) is 0 Å². The fourth-order valence-electron chi connectivity index (χ4n) is 4.20. The predicted molar refractivity (Wildman–Crippen MR) is 80.3 cm³/mol. The number of rotatable bonds is 1. The van der Waals surface area contributed by atoms with E-state index in [1.807, 2.05) is 6.92 Å². The summed E-state index contributed by atoms with van der Waals surface area (Å²) < 4.78 is 0. The van der Waals surface area contributed by atoms with Gasteiger partial charge >= 0.3 is 11.8 Å². The zero-order valence-corrected chi connectivity index (χ0v) is 13.3. The lowest BCUT2D eigenvalue weighted by Crippen LogP contribution is -2.49. The van der Waals surface area contributed by atoms with Crippen LogP contribution >= 0.6 is 0 Å². The standard InChI is InChI=1S/C16H27N3O2/c1-10(17)11-4-6-18(7-5-11)14(20)15(21)19-8-12-13(9-19)16(12,2)3/h10-13H,4-9,17H2,1-3H3/t10-,12?,13?/m0/s1. The highest BCUT2D eigenvalue weighted by atomic mass is 16.2. The van der Waals surface area contributed by atoms with Gasteiger partial charge in [-0.1, -0.05) is 13.8 Å². The molecular formula is C16H27N3O2. The van der Waals surface area contributed by atoms with E-state index < -0.39 is 0 Å². The van der Waals surface area contributed by atoms with Crippen LogP contribution in [0.3, 0.4) is 0 Å². The minimum absolute atomic E-state index is 0.172. The van der Waals surface area contributed by atoms with E-state index in [4.69, 9.17) is 5.73 Å². The first-order valence-corrected chi connectivity index (χ1v) is 8.16. The number of hydrogen-bond acceptors (Lipinski definition) is 3. The first-order valence-electron chi connectivity index (χ1n) is 8.16. The molecule has 5 nitrogen and oxygen atoms in total. The van der Waals surface area contributed by atoms with E-state index in [1.54, 1.807) is 9.80 Å². The first-order chi connectivity index (χ1) is 9.82. The normalized spacial score (nSPS) is 32.8. The molecule has 2 heterocycles. The van der Waals surface area contributed by atoms with Gasteiger partial charge in [0.2, 0.25) is 0 Å². The van der Waals surface area contributed by atoms with Gasteiger partial charge in [-0.05, 0) is 42.9 Å². The lowest BCUT2D eigenvalue weighted by Gasteiger charge is -2.34. The van der Waals surface area contributed by atoms with Gasteiger partial charge in [-0.2, -0.15) is 0 Å². The first kappa shape index (κ1) is 14.8. The maximum Gasteiger partial charge on any atom is 0.312 e. The quantitative estimate of drug-likeness (QED) is 0.723. The second-order valence-corrected chi connectivity index (χ2v) is 7.73. The number of carbonyl (C=O) groups excluding carboxylic acids is 2. The Morgan fingerprint density at radius 2 is 1.52 bits per heavy atom. The highest BCUT2D eigenvalue weighted by Gasteiger charge is 2.63. The fourth-order valence-corrected chi connectivity index (χ4v) is 4.20. The Hall–Kier alpha value is -1.10. The molecule has 2 N–H and O–H groups in total. The topological polar surface area (TPSA) is 66.6 Å². The van der Waals surface area contributed by atoms with Crippen molar-refractivity contribution in [3.05, 3.63) is 0 Å². The summed E-state index contributed by atoms with van der Waals surface area (Å²) in [5.74, 6) is 1.06. The van der Waals surface area contributed by atoms with E-state index in [-0.39, 0.29) is 17.9 Å². The molecule has 5 heteroatoms. The molecule has 2 amide bonds. The molecule has 0 aromatic heterocycles. The maximum atomic E-state index is 12.3. The summed E-state index contributed by atoms with van der Waals surface area (Å²) in [7, 11) is 0. The van der Waals surface area contributed by atoms with E-state index in [0.717, 1.165) is 25.9 Å². The van der Waals surface area contributed by atoms with E-state index >= 15 is 0 Å². The van der Waals surface area contributed by atoms with Crippen molar-refractivity contribution in [2.45, 2.75) is 39.7 Å². The van der Waals surface area contributed by atoms with Crippen LogP contribution in [0, 0.1) is 23.2 Å². The molecule has 3 rings (SSSR count). The van der Waals surface area contributed by atoms with Crippen molar-refractivity contribution < 1.29 is 9.59 Å². The SMILES string of the molecule is C[C@H](N)C1CCN(C(=O)C(=O)N2CC3C(C2)C3(C)C)CC1. The summed E-state index contributed by atoms with van der Waals surface area (Å²) in [6.45, 7) is 9.39. The molecule has 0 bridgehead atoms. The van der Waals surface area contributed by atoms with Crippen LogP contribution in [0.4, 0.5) is 0 Å². The van der Waals surface area contributed by atoms with Gasteiger partial charge in [0, 0.05) is 32.2 Å². The number of amides is 2. The third-order valence-electron chi connectivity index (χ3n) is 6.16. The molecule has 2 aliphatic heterocycles. The second kappa shape index (κ2) is 4.97. The zero-order valence-electron chi connectivity index (χ0n) is 13.3. The lowest BCUT2D eigenvalue weighted by molar-refractivity contribution is -0.152. The van der Waals surface area contributed by atoms with E-state index in [2.05, 4.69) is 13.8 Å². The molecule has 21 heavy (non-hydrogen) atoms. The van der Waals surface area contributed by atoms with Gasteiger partial charge in [-0.15, -0.1) is 0 Å². The largest absolute Gasteiger partial charge is 0.334 e. The Kier molecular flexibility index (Phi) is 3.51. The van der Waals surface area contributed by atoms with Crippen molar-refractivity contribution in [1.29, 1.82) is 0 Å². The van der Waals surface area contributed by atoms with Gasteiger partial charge in [-0.3, -0.25) is 9.59 Å². The minimum atomic E-state index is -0.308. The Balaban J connectivity index is 1.52. The van der Waals surface area contributed by atoms with Crippen molar-refractivity contribution in [3.8, 4) is 0 Å². The van der Waals surface area contributed by atoms with Crippen LogP contribution in [0.2, 0.25) is 0 Å². The minimum Gasteiger partial charge on any atom is -0.334 e. The highest BCUT2D eigenvalue weighted by molar-refractivity contribution is 6.35. The molecule has 1 saturated carbocycles. The lowest BCUT2D eigenvalue weighted by atomic mass is 9.91. The van der Waals surface area contributed by atoms with Gasteiger partial charge in [0.1, 0.15) is 0 Å². The Labute approximate surface area is 126 Å². The highest BCUT2D eigenvalue weighted by Crippen LogP contribution is 2.61. The average Bonchev–Trinajstić information content (AvgIpc) is 2.84.